The van der Waals surface area contributed by atoms with Gasteiger partial charge in [-0.2, -0.15) is 0 Å². The van der Waals surface area contributed by atoms with Crippen LogP contribution in [-0.2, 0) is 4.79 Å². The topological polar surface area (TPSA) is 80.0 Å². The molecule has 0 aromatic carbocycles. The van der Waals surface area contributed by atoms with Crippen LogP contribution in [-0.4, -0.2) is 17.4 Å². The number of rotatable bonds is 0. The van der Waals surface area contributed by atoms with E-state index in [-0.39, 0.29) is 5.91 Å². The molecule has 0 unspecified atom stereocenters. The van der Waals surface area contributed by atoms with Crippen molar-refractivity contribution in [1.29, 1.82) is 0 Å². The van der Waals surface area contributed by atoms with Crippen LogP contribution in [0.4, 0.5) is 17.3 Å². The van der Waals surface area contributed by atoms with E-state index >= 15 is 0 Å². The van der Waals surface area contributed by atoms with Gasteiger partial charge >= 0.3 is 0 Å². The lowest BCUT2D eigenvalue weighted by atomic mass is 10.3. The predicted molar refractivity (Wildman–Crippen MR) is 45.8 cm³/mol. The summed E-state index contributed by atoms with van der Waals surface area (Å²) in [6.07, 6.45) is 0. The molecule has 1 amide bonds. The van der Waals surface area contributed by atoms with Crippen LogP contribution in [0.25, 0.3) is 0 Å². The molecule has 62 valence electrons. The summed E-state index contributed by atoms with van der Waals surface area (Å²) in [4.78, 5) is 14.8. The van der Waals surface area contributed by atoms with E-state index < -0.39 is 0 Å². The van der Waals surface area contributed by atoms with Crippen molar-refractivity contribution in [2.75, 3.05) is 22.9 Å². The Kier molecular flexibility index (Phi) is 1.36. The SMILES string of the molecule is Nc1ccc2c(n1)NC(=O)CN2. The number of nitrogen functional groups attached to an aromatic ring is 1. The summed E-state index contributed by atoms with van der Waals surface area (Å²) in [7, 11) is 0. The number of nitrogens with two attached hydrogens (primary N) is 1. The average molecular weight is 164 g/mol. The molecule has 0 radical (unpaired) electrons. The van der Waals surface area contributed by atoms with Gasteiger partial charge in [0.25, 0.3) is 0 Å². The van der Waals surface area contributed by atoms with Gasteiger partial charge < -0.3 is 16.4 Å². The highest BCUT2D eigenvalue weighted by Gasteiger charge is 2.14. The number of carbonyl (C=O) groups is 1. The number of aromatic nitrogens is 1. The first-order valence-corrected chi connectivity index (χ1v) is 3.56. The summed E-state index contributed by atoms with van der Waals surface area (Å²) in [5.74, 6) is 0.810. The van der Waals surface area contributed by atoms with Gasteiger partial charge in [-0.25, -0.2) is 4.98 Å². The molecule has 0 bridgehead atoms. The quantitative estimate of drug-likeness (QED) is 0.505. The minimum atomic E-state index is -0.0967. The molecule has 1 aliphatic rings. The zero-order valence-corrected chi connectivity index (χ0v) is 6.29. The van der Waals surface area contributed by atoms with Gasteiger partial charge in [-0.1, -0.05) is 0 Å². The second-order valence-electron chi connectivity index (χ2n) is 2.53. The highest BCUT2D eigenvalue weighted by Crippen LogP contribution is 2.22. The van der Waals surface area contributed by atoms with Gasteiger partial charge in [0.05, 0.1) is 12.2 Å². The second kappa shape index (κ2) is 2.37. The number of hydrogen-bond donors (Lipinski definition) is 3. The molecule has 4 N–H and O–H groups in total. The van der Waals surface area contributed by atoms with E-state index in [9.17, 15) is 4.79 Å². The smallest absolute Gasteiger partial charge is 0.244 e. The number of nitrogens with one attached hydrogen (secondary N) is 2. The summed E-state index contributed by atoms with van der Waals surface area (Å²) in [6, 6.07) is 3.47. The first-order valence-electron chi connectivity index (χ1n) is 3.56. The fourth-order valence-electron chi connectivity index (χ4n) is 1.06. The van der Waals surface area contributed by atoms with E-state index in [0.717, 1.165) is 5.69 Å². The fourth-order valence-corrected chi connectivity index (χ4v) is 1.06. The summed E-state index contributed by atoms with van der Waals surface area (Å²) < 4.78 is 0. The molecule has 0 atom stereocenters. The largest absolute Gasteiger partial charge is 0.384 e. The molecular formula is C7H8N4O. The van der Waals surface area contributed by atoms with E-state index in [0.29, 0.717) is 18.2 Å². The molecular weight excluding hydrogens is 156 g/mol. The van der Waals surface area contributed by atoms with Crippen molar-refractivity contribution in [2.45, 2.75) is 0 Å². The van der Waals surface area contributed by atoms with Crippen molar-refractivity contribution in [1.82, 2.24) is 4.98 Å². The standard InChI is InChI=1S/C7H8N4O/c8-5-2-1-4-7(10-5)11-6(12)3-9-4/h1-2,9H,3H2,(H3,8,10,11,12). The van der Waals surface area contributed by atoms with Gasteiger partial charge in [0, 0.05) is 0 Å². The van der Waals surface area contributed by atoms with Gasteiger partial charge in [0.15, 0.2) is 5.82 Å². The molecule has 2 heterocycles. The summed E-state index contributed by atoms with van der Waals surface area (Å²) in [5, 5.41) is 5.52. The number of amides is 1. The Morgan fingerprint density at radius 2 is 2.33 bits per heavy atom. The van der Waals surface area contributed by atoms with E-state index in [1.165, 1.54) is 0 Å². The molecule has 0 fully saturated rings. The number of pyridine rings is 1. The van der Waals surface area contributed by atoms with Gasteiger partial charge in [-0.15, -0.1) is 0 Å². The predicted octanol–water partition coefficient (Wildman–Crippen LogP) is 0.0278. The van der Waals surface area contributed by atoms with E-state index in [1.54, 1.807) is 12.1 Å². The maximum atomic E-state index is 10.9. The molecule has 1 aromatic rings. The van der Waals surface area contributed by atoms with E-state index in [4.69, 9.17) is 5.73 Å². The third-order valence-corrected chi connectivity index (χ3v) is 1.61. The van der Waals surface area contributed by atoms with E-state index in [1.807, 2.05) is 0 Å². The molecule has 2 rings (SSSR count). The number of nitrogens with zero attached hydrogens (tertiary/aromatic N) is 1. The van der Waals surface area contributed by atoms with Crippen LogP contribution in [0.1, 0.15) is 0 Å². The highest BCUT2D eigenvalue weighted by molar-refractivity contribution is 5.99. The molecule has 12 heavy (non-hydrogen) atoms. The normalized spacial score (nSPS) is 14.5. The fraction of sp³-hybridized carbons (Fsp3) is 0.143. The summed E-state index contributed by atoms with van der Waals surface area (Å²) in [5.41, 5.74) is 6.25. The van der Waals surface area contributed by atoms with Crippen molar-refractivity contribution < 1.29 is 4.79 Å². The molecule has 1 aromatic heterocycles. The summed E-state index contributed by atoms with van der Waals surface area (Å²) >= 11 is 0. The van der Waals surface area contributed by atoms with E-state index in [2.05, 4.69) is 15.6 Å². The lowest BCUT2D eigenvalue weighted by molar-refractivity contribution is -0.114. The van der Waals surface area contributed by atoms with Crippen LogP contribution in [0, 0.1) is 0 Å². The summed E-state index contributed by atoms with van der Waals surface area (Å²) in [6.45, 7) is 0.290. The number of hydrogen-bond acceptors (Lipinski definition) is 4. The number of fused-ring (bicyclic) bond motifs is 1. The van der Waals surface area contributed by atoms with Crippen LogP contribution in [0.3, 0.4) is 0 Å². The molecule has 0 saturated heterocycles. The molecule has 0 aliphatic carbocycles. The van der Waals surface area contributed by atoms with Crippen LogP contribution < -0.4 is 16.4 Å². The van der Waals surface area contributed by atoms with Crippen molar-refractivity contribution in [2.24, 2.45) is 0 Å². The lowest BCUT2D eigenvalue weighted by Crippen LogP contribution is -2.28. The molecule has 5 heteroatoms. The van der Waals surface area contributed by atoms with Crippen molar-refractivity contribution >= 4 is 23.2 Å². The van der Waals surface area contributed by atoms with Crippen LogP contribution in [0.5, 0.6) is 0 Å². The van der Waals surface area contributed by atoms with Gasteiger partial charge in [-0.3, -0.25) is 4.79 Å². The minimum absolute atomic E-state index is 0.0967. The Morgan fingerprint density at radius 3 is 3.17 bits per heavy atom. The Labute approximate surface area is 69.0 Å². The maximum Gasteiger partial charge on any atom is 0.244 e. The Hall–Kier alpha value is -1.78. The zero-order chi connectivity index (χ0) is 8.55. The number of anilines is 3. The van der Waals surface area contributed by atoms with Crippen molar-refractivity contribution in [3.05, 3.63) is 12.1 Å². The number of carbonyl (C=O) groups excluding carboxylic acids is 1. The Morgan fingerprint density at radius 1 is 1.50 bits per heavy atom. The van der Waals surface area contributed by atoms with Crippen LogP contribution in [0.15, 0.2) is 12.1 Å². The highest BCUT2D eigenvalue weighted by atomic mass is 16.2. The maximum absolute atomic E-state index is 10.9. The Bertz CT molecular complexity index is 336. The van der Waals surface area contributed by atoms with Gasteiger partial charge in [0.2, 0.25) is 5.91 Å². The molecule has 0 spiro atoms. The van der Waals surface area contributed by atoms with Crippen LogP contribution in [0.2, 0.25) is 0 Å². The molecule has 5 nitrogen and oxygen atoms in total. The van der Waals surface area contributed by atoms with Crippen molar-refractivity contribution in [3.63, 3.8) is 0 Å². The monoisotopic (exact) mass is 164 g/mol. The third-order valence-electron chi connectivity index (χ3n) is 1.61. The van der Waals surface area contributed by atoms with Crippen molar-refractivity contribution in [3.8, 4) is 0 Å². The first-order chi connectivity index (χ1) is 5.75. The van der Waals surface area contributed by atoms with Gasteiger partial charge in [-0.05, 0) is 12.1 Å². The van der Waals surface area contributed by atoms with Crippen LogP contribution >= 0.6 is 0 Å². The lowest BCUT2D eigenvalue weighted by Gasteiger charge is -2.17. The average Bonchev–Trinajstić information content (AvgIpc) is 2.03. The first kappa shape index (κ1) is 6.90. The minimum Gasteiger partial charge on any atom is -0.384 e. The molecule has 0 saturated carbocycles. The Balaban J connectivity index is 2.44. The third kappa shape index (κ3) is 1.05. The second-order valence-corrected chi connectivity index (χ2v) is 2.53. The zero-order valence-electron chi connectivity index (χ0n) is 6.29. The molecule has 1 aliphatic heterocycles. The van der Waals surface area contributed by atoms with Gasteiger partial charge in [0.1, 0.15) is 5.82 Å².